The van der Waals surface area contributed by atoms with Gasteiger partial charge in [-0.15, -0.1) is 0 Å². The van der Waals surface area contributed by atoms with Crippen LogP contribution in [0.3, 0.4) is 0 Å². The van der Waals surface area contributed by atoms with Crippen LogP contribution < -0.4 is 10.1 Å². The molecule has 1 heterocycles. The lowest BCUT2D eigenvalue weighted by Crippen LogP contribution is -2.19. The number of methoxy groups -OCH3 is 1. The van der Waals surface area contributed by atoms with E-state index in [1.165, 1.54) is 5.56 Å². The summed E-state index contributed by atoms with van der Waals surface area (Å²) in [6.07, 6.45) is 1.70. The van der Waals surface area contributed by atoms with Crippen molar-refractivity contribution in [3.8, 4) is 5.75 Å². The van der Waals surface area contributed by atoms with Crippen LogP contribution in [0.15, 0.2) is 24.5 Å². The van der Waals surface area contributed by atoms with Crippen LogP contribution in [0.25, 0.3) is 0 Å². The van der Waals surface area contributed by atoms with Gasteiger partial charge in [-0.25, -0.2) is 4.98 Å². The zero-order valence-electron chi connectivity index (χ0n) is 11.8. The predicted octanol–water partition coefficient (Wildman–Crippen LogP) is 1.98. The molecule has 0 fully saturated rings. The predicted molar refractivity (Wildman–Crippen MR) is 74.0 cm³/mol. The van der Waals surface area contributed by atoms with Crippen LogP contribution in [0.4, 0.5) is 0 Å². The fourth-order valence-electron chi connectivity index (χ4n) is 2.01. The second kappa shape index (κ2) is 5.84. The molecule has 5 nitrogen and oxygen atoms in total. The Balaban J connectivity index is 2.06. The molecule has 1 atom stereocenters. The fourth-order valence-corrected chi connectivity index (χ4v) is 2.01. The van der Waals surface area contributed by atoms with Crippen molar-refractivity contribution in [2.75, 3.05) is 7.11 Å². The summed E-state index contributed by atoms with van der Waals surface area (Å²) in [5, 5.41) is 7.66. The molecule has 0 radical (unpaired) electrons. The smallest absolute Gasteiger partial charge is 0.164 e. The summed E-state index contributed by atoms with van der Waals surface area (Å²) in [4.78, 5) is 4.20. The van der Waals surface area contributed by atoms with Crippen molar-refractivity contribution in [3.05, 3.63) is 41.5 Å². The van der Waals surface area contributed by atoms with Crippen LogP contribution in [-0.2, 0) is 13.6 Å². The number of nitrogens with zero attached hydrogens (tertiary/aromatic N) is 3. The molecule has 0 saturated heterocycles. The van der Waals surface area contributed by atoms with E-state index in [0.717, 1.165) is 17.1 Å². The lowest BCUT2D eigenvalue weighted by molar-refractivity contribution is 0.401. The molecular weight excluding hydrogens is 240 g/mol. The van der Waals surface area contributed by atoms with Crippen LogP contribution in [0.1, 0.15) is 29.9 Å². The number of hydrogen-bond donors (Lipinski definition) is 1. The highest BCUT2D eigenvalue weighted by Gasteiger charge is 2.12. The van der Waals surface area contributed by atoms with Crippen molar-refractivity contribution in [2.24, 2.45) is 7.05 Å². The lowest BCUT2D eigenvalue weighted by Gasteiger charge is -2.17. The van der Waals surface area contributed by atoms with Crippen LogP contribution in [0.5, 0.6) is 5.75 Å². The average Bonchev–Trinajstić information content (AvgIpc) is 2.81. The SMILES string of the molecule is COc1ccc(C)cc1C(C)NCc1ncn(C)n1. The molecule has 0 aliphatic heterocycles. The van der Waals surface area contributed by atoms with E-state index >= 15 is 0 Å². The van der Waals surface area contributed by atoms with Gasteiger partial charge in [-0.3, -0.25) is 4.68 Å². The standard InChI is InChI=1S/C14H20N4O/c1-10-5-6-13(19-4)12(7-10)11(2)15-8-14-16-9-18(3)17-14/h5-7,9,11,15H,8H2,1-4H3. The van der Waals surface area contributed by atoms with Gasteiger partial charge in [0.1, 0.15) is 12.1 Å². The number of nitrogens with one attached hydrogen (secondary N) is 1. The number of aromatic nitrogens is 3. The molecule has 0 aliphatic rings. The normalized spacial score (nSPS) is 12.4. The van der Waals surface area contributed by atoms with Crippen LogP contribution in [0.2, 0.25) is 0 Å². The Kier molecular flexibility index (Phi) is 4.16. The quantitative estimate of drug-likeness (QED) is 0.893. The number of ether oxygens (including phenoxy) is 1. The number of rotatable bonds is 5. The Morgan fingerprint density at radius 3 is 2.84 bits per heavy atom. The van der Waals surface area contributed by atoms with Crippen molar-refractivity contribution in [1.82, 2.24) is 20.1 Å². The van der Waals surface area contributed by atoms with Crippen molar-refractivity contribution in [3.63, 3.8) is 0 Å². The number of benzene rings is 1. The van der Waals surface area contributed by atoms with Gasteiger partial charge in [0.2, 0.25) is 0 Å². The van der Waals surface area contributed by atoms with E-state index in [-0.39, 0.29) is 6.04 Å². The zero-order valence-corrected chi connectivity index (χ0v) is 11.8. The molecule has 1 aromatic carbocycles. The fraction of sp³-hybridized carbons (Fsp3) is 0.429. The molecule has 0 spiro atoms. The molecule has 5 heteroatoms. The highest BCUT2D eigenvalue weighted by molar-refractivity contribution is 5.38. The van der Waals surface area contributed by atoms with E-state index in [9.17, 15) is 0 Å². The topological polar surface area (TPSA) is 52.0 Å². The van der Waals surface area contributed by atoms with Gasteiger partial charge in [-0.1, -0.05) is 17.7 Å². The molecule has 1 unspecified atom stereocenters. The molecule has 2 aromatic rings. The zero-order chi connectivity index (χ0) is 13.8. The van der Waals surface area contributed by atoms with E-state index in [1.807, 2.05) is 13.1 Å². The van der Waals surface area contributed by atoms with Gasteiger partial charge in [-0.05, 0) is 19.9 Å². The van der Waals surface area contributed by atoms with Gasteiger partial charge in [-0.2, -0.15) is 5.10 Å². The van der Waals surface area contributed by atoms with Gasteiger partial charge in [0.25, 0.3) is 0 Å². The first-order valence-corrected chi connectivity index (χ1v) is 6.32. The van der Waals surface area contributed by atoms with Gasteiger partial charge >= 0.3 is 0 Å². The van der Waals surface area contributed by atoms with Crippen LogP contribution in [-0.4, -0.2) is 21.9 Å². The molecule has 19 heavy (non-hydrogen) atoms. The number of aryl methyl sites for hydroxylation is 2. The maximum atomic E-state index is 5.40. The van der Waals surface area contributed by atoms with Crippen molar-refractivity contribution < 1.29 is 4.74 Å². The summed E-state index contributed by atoms with van der Waals surface area (Å²) in [5.74, 6) is 1.69. The maximum Gasteiger partial charge on any atom is 0.164 e. The third-order valence-electron chi connectivity index (χ3n) is 3.07. The Morgan fingerprint density at radius 1 is 1.42 bits per heavy atom. The second-order valence-corrected chi connectivity index (χ2v) is 4.68. The minimum absolute atomic E-state index is 0.179. The first kappa shape index (κ1) is 13.5. The minimum Gasteiger partial charge on any atom is -0.496 e. The minimum atomic E-state index is 0.179. The molecule has 102 valence electrons. The van der Waals surface area contributed by atoms with E-state index in [0.29, 0.717) is 6.54 Å². The first-order valence-electron chi connectivity index (χ1n) is 6.32. The van der Waals surface area contributed by atoms with Crippen molar-refractivity contribution in [2.45, 2.75) is 26.4 Å². The Labute approximate surface area is 113 Å². The Bertz CT molecular complexity index is 550. The third-order valence-corrected chi connectivity index (χ3v) is 3.07. The van der Waals surface area contributed by atoms with E-state index < -0.39 is 0 Å². The van der Waals surface area contributed by atoms with E-state index in [1.54, 1.807) is 18.1 Å². The van der Waals surface area contributed by atoms with Crippen LogP contribution in [0, 0.1) is 6.92 Å². The monoisotopic (exact) mass is 260 g/mol. The van der Waals surface area contributed by atoms with E-state index in [4.69, 9.17) is 4.74 Å². The van der Waals surface area contributed by atoms with Gasteiger partial charge < -0.3 is 10.1 Å². The van der Waals surface area contributed by atoms with Crippen molar-refractivity contribution in [1.29, 1.82) is 0 Å². The molecule has 1 aromatic heterocycles. The third kappa shape index (κ3) is 3.32. The van der Waals surface area contributed by atoms with E-state index in [2.05, 4.69) is 41.4 Å². The summed E-state index contributed by atoms with van der Waals surface area (Å²) in [6, 6.07) is 6.37. The molecular formula is C14H20N4O. The molecule has 1 N–H and O–H groups in total. The van der Waals surface area contributed by atoms with Gasteiger partial charge in [0, 0.05) is 18.7 Å². The average molecular weight is 260 g/mol. The Morgan fingerprint density at radius 2 is 2.21 bits per heavy atom. The summed E-state index contributed by atoms with van der Waals surface area (Å²) < 4.78 is 7.11. The van der Waals surface area contributed by atoms with Crippen LogP contribution >= 0.6 is 0 Å². The van der Waals surface area contributed by atoms with Crippen molar-refractivity contribution >= 4 is 0 Å². The molecule has 0 bridgehead atoms. The highest BCUT2D eigenvalue weighted by atomic mass is 16.5. The summed E-state index contributed by atoms with van der Waals surface area (Å²) in [7, 11) is 3.56. The summed E-state index contributed by atoms with van der Waals surface area (Å²) in [6.45, 7) is 4.83. The first-order chi connectivity index (χ1) is 9.10. The lowest BCUT2D eigenvalue weighted by atomic mass is 10.0. The molecule has 2 rings (SSSR count). The Hall–Kier alpha value is -1.88. The largest absolute Gasteiger partial charge is 0.496 e. The number of hydrogen-bond acceptors (Lipinski definition) is 4. The maximum absolute atomic E-state index is 5.40. The molecule has 0 saturated carbocycles. The summed E-state index contributed by atoms with van der Waals surface area (Å²) in [5.41, 5.74) is 2.37. The molecule has 0 amide bonds. The summed E-state index contributed by atoms with van der Waals surface area (Å²) >= 11 is 0. The van der Waals surface area contributed by atoms with Gasteiger partial charge in [0.15, 0.2) is 5.82 Å². The van der Waals surface area contributed by atoms with Gasteiger partial charge in [0.05, 0.1) is 13.7 Å². The second-order valence-electron chi connectivity index (χ2n) is 4.68. The molecule has 0 aliphatic carbocycles. The highest BCUT2D eigenvalue weighted by Crippen LogP contribution is 2.26.